The zero-order chi connectivity index (χ0) is 16.2. The minimum atomic E-state index is -3.32. The average Bonchev–Trinajstić information content (AvgIpc) is 2.36. The lowest BCUT2D eigenvalue weighted by Crippen LogP contribution is -2.35. The maximum atomic E-state index is 12.1. The quantitative estimate of drug-likeness (QED) is 0.850. The Hall–Kier alpha value is -1.82. The van der Waals surface area contributed by atoms with Crippen LogP contribution in [0.15, 0.2) is 35.2 Å². The number of anilines is 1. The third-order valence-electron chi connectivity index (χ3n) is 2.97. The van der Waals surface area contributed by atoms with Gasteiger partial charge in [0.05, 0.1) is 4.90 Å². The second-order valence-electron chi connectivity index (χ2n) is 5.15. The van der Waals surface area contributed by atoms with Gasteiger partial charge < -0.3 is 10.2 Å². The molecule has 0 fully saturated rings. The van der Waals surface area contributed by atoms with Crippen molar-refractivity contribution in [3.63, 3.8) is 0 Å². The standard InChI is InChI=1S/C15H22N2O3S/c1-6-17(10-11(2)3)15(18)16-13-8-7-12(4)14(9-13)21(5,19)20/h7-9H,2,6,10H2,1,3-5H3,(H,16,18). The molecular weight excluding hydrogens is 288 g/mol. The molecule has 0 aliphatic carbocycles. The summed E-state index contributed by atoms with van der Waals surface area (Å²) in [6, 6.07) is 4.58. The third-order valence-corrected chi connectivity index (χ3v) is 4.21. The molecule has 21 heavy (non-hydrogen) atoms. The highest BCUT2D eigenvalue weighted by Gasteiger charge is 2.15. The van der Waals surface area contributed by atoms with Crippen molar-refractivity contribution in [2.75, 3.05) is 24.7 Å². The number of nitrogens with one attached hydrogen (secondary N) is 1. The van der Waals surface area contributed by atoms with Crippen LogP contribution in [0.5, 0.6) is 0 Å². The summed E-state index contributed by atoms with van der Waals surface area (Å²) in [6.45, 7) is 10.2. The summed E-state index contributed by atoms with van der Waals surface area (Å²) in [5.74, 6) is 0. The molecule has 0 aliphatic rings. The third kappa shape index (κ3) is 4.90. The number of sulfone groups is 1. The lowest BCUT2D eigenvalue weighted by molar-refractivity contribution is 0.218. The molecule has 1 N–H and O–H groups in total. The van der Waals surface area contributed by atoms with E-state index in [2.05, 4.69) is 11.9 Å². The fraction of sp³-hybridized carbons (Fsp3) is 0.400. The molecule has 116 valence electrons. The van der Waals surface area contributed by atoms with Gasteiger partial charge in [0.15, 0.2) is 9.84 Å². The van der Waals surface area contributed by atoms with Gasteiger partial charge in [-0.3, -0.25) is 0 Å². The zero-order valence-corrected chi connectivity index (χ0v) is 13.8. The van der Waals surface area contributed by atoms with E-state index in [1.165, 1.54) is 6.07 Å². The first kappa shape index (κ1) is 17.2. The van der Waals surface area contributed by atoms with Crippen LogP contribution in [0.3, 0.4) is 0 Å². The Labute approximate surface area is 126 Å². The Morgan fingerprint density at radius 3 is 2.48 bits per heavy atom. The lowest BCUT2D eigenvalue weighted by atomic mass is 10.2. The van der Waals surface area contributed by atoms with Gasteiger partial charge in [0.2, 0.25) is 0 Å². The first-order valence-corrected chi connectivity index (χ1v) is 8.55. The molecule has 0 heterocycles. The van der Waals surface area contributed by atoms with Crippen molar-refractivity contribution in [3.05, 3.63) is 35.9 Å². The number of carbonyl (C=O) groups excluding carboxylic acids is 1. The Kier molecular flexibility index (Phi) is 5.54. The van der Waals surface area contributed by atoms with Crippen molar-refractivity contribution in [3.8, 4) is 0 Å². The smallest absolute Gasteiger partial charge is 0.321 e. The van der Waals surface area contributed by atoms with Crippen LogP contribution in [-0.2, 0) is 9.84 Å². The number of likely N-dealkylation sites (N-methyl/N-ethyl adjacent to an activating group) is 1. The largest absolute Gasteiger partial charge is 0.322 e. The Balaban J connectivity index is 2.98. The van der Waals surface area contributed by atoms with Gasteiger partial charge in [-0.2, -0.15) is 0 Å². The average molecular weight is 310 g/mol. The lowest BCUT2D eigenvalue weighted by Gasteiger charge is -2.21. The van der Waals surface area contributed by atoms with Crippen LogP contribution in [0.4, 0.5) is 10.5 Å². The molecular formula is C15H22N2O3S. The Morgan fingerprint density at radius 2 is 2.00 bits per heavy atom. The van der Waals surface area contributed by atoms with E-state index in [-0.39, 0.29) is 10.9 Å². The van der Waals surface area contributed by atoms with Gasteiger partial charge in [0.1, 0.15) is 0 Å². The summed E-state index contributed by atoms with van der Waals surface area (Å²) in [6.07, 6.45) is 1.15. The molecule has 0 aromatic heterocycles. The molecule has 1 aromatic carbocycles. The molecule has 5 nitrogen and oxygen atoms in total. The molecule has 2 amide bonds. The number of urea groups is 1. The second-order valence-corrected chi connectivity index (χ2v) is 7.14. The molecule has 0 saturated carbocycles. The predicted molar refractivity (Wildman–Crippen MR) is 85.4 cm³/mol. The SMILES string of the molecule is C=C(C)CN(CC)C(=O)Nc1ccc(C)c(S(C)(=O)=O)c1. The van der Waals surface area contributed by atoms with Gasteiger partial charge in [0, 0.05) is 25.0 Å². The van der Waals surface area contributed by atoms with E-state index < -0.39 is 9.84 Å². The zero-order valence-electron chi connectivity index (χ0n) is 12.9. The predicted octanol–water partition coefficient (Wildman–Crippen LogP) is 2.83. The van der Waals surface area contributed by atoms with Crippen LogP contribution < -0.4 is 5.32 Å². The molecule has 0 saturated heterocycles. The number of aryl methyl sites for hydroxylation is 1. The van der Waals surface area contributed by atoms with Gasteiger partial charge in [-0.15, -0.1) is 0 Å². The van der Waals surface area contributed by atoms with E-state index in [1.807, 2.05) is 13.8 Å². The van der Waals surface area contributed by atoms with Crippen molar-refractivity contribution in [2.24, 2.45) is 0 Å². The minimum Gasteiger partial charge on any atom is -0.321 e. The normalized spacial score (nSPS) is 11.0. The molecule has 6 heteroatoms. The van der Waals surface area contributed by atoms with E-state index in [4.69, 9.17) is 0 Å². The van der Waals surface area contributed by atoms with Crippen LogP contribution in [-0.4, -0.2) is 38.7 Å². The highest BCUT2D eigenvalue weighted by Crippen LogP contribution is 2.20. The van der Waals surface area contributed by atoms with Crippen LogP contribution in [0.2, 0.25) is 0 Å². The first-order valence-electron chi connectivity index (χ1n) is 6.66. The Morgan fingerprint density at radius 1 is 1.38 bits per heavy atom. The molecule has 1 aromatic rings. The van der Waals surface area contributed by atoms with Gasteiger partial charge in [0.25, 0.3) is 0 Å². The topological polar surface area (TPSA) is 66.5 Å². The first-order chi connectivity index (χ1) is 9.65. The summed E-state index contributed by atoms with van der Waals surface area (Å²) in [5, 5.41) is 2.72. The van der Waals surface area contributed by atoms with Crippen LogP contribution in [0.1, 0.15) is 19.4 Å². The van der Waals surface area contributed by atoms with Gasteiger partial charge in [-0.1, -0.05) is 18.2 Å². The number of hydrogen-bond acceptors (Lipinski definition) is 3. The van der Waals surface area contributed by atoms with Crippen LogP contribution >= 0.6 is 0 Å². The molecule has 0 atom stereocenters. The number of amides is 2. The van der Waals surface area contributed by atoms with Crippen molar-refractivity contribution in [1.82, 2.24) is 4.90 Å². The number of rotatable bonds is 5. The van der Waals surface area contributed by atoms with E-state index in [1.54, 1.807) is 24.0 Å². The highest BCUT2D eigenvalue weighted by molar-refractivity contribution is 7.90. The van der Waals surface area contributed by atoms with Crippen molar-refractivity contribution >= 4 is 21.6 Å². The number of carbonyl (C=O) groups is 1. The Bertz CT molecular complexity index is 651. The van der Waals surface area contributed by atoms with E-state index >= 15 is 0 Å². The molecule has 0 aliphatic heterocycles. The van der Waals surface area contributed by atoms with Crippen LogP contribution in [0.25, 0.3) is 0 Å². The van der Waals surface area contributed by atoms with E-state index in [0.29, 0.717) is 24.3 Å². The second kappa shape index (κ2) is 6.76. The van der Waals surface area contributed by atoms with Crippen molar-refractivity contribution in [1.29, 1.82) is 0 Å². The van der Waals surface area contributed by atoms with E-state index in [0.717, 1.165) is 11.8 Å². The monoisotopic (exact) mass is 310 g/mol. The van der Waals surface area contributed by atoms with Gasteiger partial charge >= 0.3 is 6.03 Å². The summed E-state index contributed by atoms with van der Waals surface area (Å²) >= 11 is 0. The van der Waals surface area contributed by atoms with E-state index in [9.17, 15) is 13.2 Å². The summed E-state index contributed by atoms with van der Waals surface area (Å²) in [5.41, 5.74) is 2.00. The highest BCUT2D eigenvalue weighted by atomic mass is 32.2. The maximum Gasteiger partial charge on any atom is 0.322 e. The fourth-order valence-electron chi connectivity index (χ4n) is 1.93. The number of benzene rings is 1. The maximum absolute atomic E-state index is 12.1. The molecule has 0 spiro atoms. The molecule has 0 unspecified atom stereocenters. The summed E-state index contributed by atoms with van der Waals surface area (Å²) < 4.78 is 23.4. The molecule has 1 rings (SSSR count). The summed E-state index contributed by atoms with van der Waals surface area (Å²) in [7, 11) is -3.32. The minimum absolute atomic E-state index is 0.225. The number of hydrogen-bond donors (Lipinski definition) is 1. The molecule has 0 bridgehead atoms. The number of nitrogens with zero attached hydrogens (tertiary/aromatic N) is 1. The van der Waals surface area contributed by atoms with Crippen molar-refractivity contribution < 1.29 is 13.2 Å². The van der Waals surface area contributed by atoms with Crippen molar-refractivity contribution in [2.45, 2.75) is 25.7 Å². The van der Waals surface area contributed by atoms with Gasteiger partial charge in [-0.05, 0) is 38.5 Å². The van der Waals surface area contributed by atoms with Crippen LogP contribution in [0, 0.1) is 6.92 Å². The van der Waals surface area contributed by atoms with Gasteiger partial charge in [-0.25, -0.2) is 13.2 Å². The fourth-order valence-corrected chi connectivity index (χ4v) is 2.93. The summed E-state index contributed by atoms with van der Waals surface area (Å²) in [4.78, 5) is 14.0. The molecule has 0 radical (unpaired) electrons.